The van der Waals surface area contributed by atoms with Crippen LogP contribution in [0.5, 0.6) is 0 Å². The predicted molar refractivity (Wildman–Crippen MR) is 70.1 cm³/mol. The molecule has 0 saturated carbocycles. The summed E-state index contributed by atoms with van der Waals surface area (Å²) in [7, 11) is 1.39. The van der Waals surface area contributed by atoms with Crippen LogP contribution in [-0.2, 0) is 14.3 Å². The van der Waals surface area contributed by atoms with Gasteiger partial charge in [0.1, 0.15) is 6.04 Å². The Bertz CT molecular complexity index is 278. The average molecular weight is 255 g/mol. The highest BCUT2D eigenvalue weighted by atomic mass is 16.5. The number of carbonyl (C=O) groups is 2. The third-order valence-corrected chi connectivity index (χ3v) is 3.54. The molecule has 0 aromatic carbocycles. The van der Waals surface area contributed by atoms with Crippen molar-refractivity contribution in [1.82, 2.24) is 4.90 Å². The lowest BCUT2D eigenvalue weighted by Gasteiger charge is -2.33. The second kappa shape index (κ2) is 8.11. The van der Waals surface area contributed by atoms with Gasteiger partial charge in [0.15, 0.2) is 0 Å². The number of esters is 1. The van der Waals surface area contributed by atoms with E-state index in [4.69, 9.17) is 4.74 Å². The Morgan fingerprint density at radius 2 is 2.00 bits per heavy atom. The van der Waals surface area contributed by atoms with E-state index in [1.165, 1.54) is 20.0 Å². The fraction of sp³-hybridized carbons (Fsp3) is 0.857. The zero-order valence-electron chi connectivity index (χ0n) is 11.6. The molecule has 0 bridgehead atoms. The number of ether oxygens (including phenoxy) is 1. The van der Waals surface area contributed by atoms with Crippen molar-refractivity contribution in [2.24, 2.45) is 0 Å². The fourth-order valence-corrected chi connectivity index (χ4v) is 2.46. The van der Waals surface area contributed by atoms with Crippen LogP contribution in [0.4, 0.5) is 0 Å². The molecule has 1 aliphatic rings. The number of carbonyl (C=O) groups excluding carboxylic acids is 2. The standard InChI is InChI=1S/C14H25NO3/c1-3-4-5-6-10-13(16)15-11-8-7-9-12(15)14(17)18-2/h12H,3-11H2,1-2H3/t12-/m1/s1. The van der Waals surface area contributed by atoms with Crippen LogP contribution in [0.1, 0.15) is 58.3 Å². The first-order valence-corrected chi connectivity index (χ1v) is 7.08. The first-order chi connectivity index (χ1) is 8.70. The number of unbranched alkanes of at least 4 members (excludes halogenated alkanes) is 3. The number of amides is 1. The molecule has 1 aliphatic heterocycles. The van der Waals surface area contributed by atoms with E-state index < -0.39 is 0 Å². The lowest BCUT2D eigenvalue weighted by atomic mass is 10.0. The number of hydrogen-bond acceptors (Lipinski definition) is 3. The lowest BCUT2D eigenvalue weighted by Crippen LogP contribution is -2.48. The van der Waals surface area contributed by atoms with Crippen LogP contribution < -0.4 is 0 Å². The van der Waals surface area contributed by atoms with Crippen LogP contribution >= 0.6 is 0 Å². The topological polar surface area (TPSA) is 46.6 Å². The summed E-state index contributed by atoms with van der Waals surface area (Å²) in [6.45, 7) is 2.85. The van der Waals surface area contributed by atoms with Crippen LogP contribution in [0.25, 0.3) is 0 Å². The van der Waals surface area contributed by atoms with Gasteiger partial charge in [-0.3, -0.25) is 4.79 Å². The number of methoxy groups -OCH3 is 1. The number of piperidine rings is 1. The molecule has 4 heteroatoms. The predicted octanol–water partition coefficient (Wildman–Crippen LogP) is 2.51. The van der Waals surface area contributed by atoms with Gasteiger partial charge >= 0.3 is 5.97 Å². The van der Waals surface area contributed by atoms with Gasteiger partial charge in [0.2, 0.25) is 5.91 Å². The molecule has 1 heterocycles. The van der Waals surface area contributed by atoms with E-state index >= 15 is 0 Å². The summed E-state index contributed by atoms with van der Waals surface area (Å²) >= 11 is 0. The van der Waals surface area contributed by atoms with Crippen LogP contribution in [0.15, 0.2) is 0 Å². The van der Waals surface area contributed by atoms with Gasteiger partial charge in [-0.15, -0.1) is 0 Å². The summed E-state index contributed by atoms with van der Waals surface area (Å²) in [6, 6.07) is -0.345. The van der Waals surface area contributed by atoms with Gasteiger partial charge in [-0.05, 0) is 25.7 Å². The van der Waals surface area contributed by atoms with Gasteiger partial charge in [0.05, 0.1) is 7.11 Å². The molecule has 0 unspecified atom stereocenters. The van der Waals surface area contributed by atoms with Crippen molar-refractivity contribution in [1.29, 1.82) is 0 Å². The van der Waals surface area contributed by atoms with Crippen LogP contribution in [0.2, 0.25) is 0 Å². The van der Waals surface area contributed by atoms with Crippen LogP contribution in [-0.4, -0.2) is 36.5 Å². The van der Waals surface area contributed by atoms with E-state index in [-0.39, 0.29) is 17.9 Å². The van der Waals surface area contributed by atoms with E-state index in [9.17, 15) is 9.59 Å². The Labute approximate surface area is 110 Å². The van der Waals surface area contributed by atoms with Crippen molar-refractivity contribution in [2.75, 3.05) is 13.7 Å². The summed E-state index contributed by atoms with van der Waals surface area (Å²) < 4.78 is 4.78. The maximum Gasteiger partial charge on any atom is 0.328 e. The summed E-state index contributed by atoms with van der Waals surface area (Å²) in [5, 5.41) is 0. The first-order valence-electron chi connectivity index (χ1n) is 7.08. The zero-order valence-corrected chi connectivity index (χ0v) is 11.6. The van der Waals surface area contributed by atoms with E-state index in [0.717, 1.165) is 32.1 Å². The summed E-state index contributed by atoms with van der Waals surface area (Å²) in [5.74, 6) is -0.155. The quantitative estimate of drug-likeness (QED) is 0.541. The summed E-state index contributed by atoms with van der Waals surface area (Å²) in [6.07, 6.45) is 7.67. The Morgan fingerprint density at radius 3 is 2.67 bits per heavy atom. The van der Waals surface area contributed by atoms with Crippen molar-refractivity contribution < 1.29 is 14.3 Å². The highest BCUT2D eigenvalue weighted by Gasteiger charge is 2.32. The molecule has 1 fully saturated rings. The SMILES string of the molecule is CCCCCCC(=O)N1CCCC[C@@H]1C(=O)OC. The zero-order chi connectivity index (χ0) is 13.4. The molecule has 0 aromatic rings. The molecule has 1 atom stereocenters. The van der Waals surface area contributed by atoms with Crippen molar-refractivity contribution in [3.63, 3.8) is 0 Å². The Hall–Kier alpha value is -1.06. The van der Waals surface area contributed by atoms with Gasteiger partial charge in [-0.1, -0.05) is 26.2 Å². The second-order valence-electron chi connectivity index (χ2n) is 4.93. The molecule has 1 saturated heterocycles. The van der Waals surface area contributed by atoms with Crippen molar-refractivity contribution >= 4 is 11.9 Å². The first kappa shape index (κ1) is 15.0. The smallest absolute Gasteiger partial charge is 0.328 e. The lowest BCUT2D eigenvalue weighted by molar-refractivity contribution is -0.154. The summed E-state index contributed by atoms with van der Waals surface area (Å²) in [4.78, 5) is 25.5. The molecular formula is C14H25NO3. The molecule has 0 N–H and O–H groups in total. The Balaban J connectivity index is 2.44. The number of hydrogen-bond donors (Lipinski definition) is 0. The van der Waals surface area contributed by atoms with E-state index in [1.807, 2.05) is 0 Å². The Morgan fingerprint density at radius 1 is 1.22 bits per heavy atom. The van der Waals surface area contributed by atoms with Gasteiger partial charge < -0.3 is 9.64 Å². The van der Waals surface area contributed by atoms with Gasteiger partial charge in [0.25, 0.3) is 0 Å². The number of nitrogens with zero attached hydrogens (tertiary/aromatic N) is 1. The van der Waals surface area contributed by atoms with E-state index in [1.54, 1.807) is 4.90 Å². The maximum absolute atomic E-state index is 12.1. The molecule has 0 spiro atoms. The molecule has 1 rings (SSSR count). The molecule has 1 amide bonds. The minimum absolute atomic E-state index is 0.112. The third-order valence-electron chi connectivity index (χ3n) is 3.54. The molecule has 104 valence electrons. The molecule has 18 heavy (non-hydrogen) atoms. The monoisotopic (exact) mass is 255 g/mol. The average Bonchev–Trinajstić information content (AvgIpc) is 2.42. The molecule has 4 nitrogen and oxygen atoms in total. The molecule has 0 aliphatic carbocycles. The minimum Gasteiger partial charge on any atom is -0.467 e. The van der Waals surface area contributed by atoms with Crippen molar-refractivity contribution in [3.8, 4) is 0 Å². The third kappa shape index (κ3) is 4.31. The Kier molecular flexibility index (Phi) is 6.76. The van der Waals surface area contributed by atoms with Crippen LogP contribution in [0, 0.1) is 0 Å². The van der Waals surface area contributed by atoms with E-state index in [0.29, 0.717) is 13.0 Å². The van der Waals surface area contributed by atoms with Gasteiger partial charge in [-0.25, -0.2) is 4.79 Å². The molecular weight excluding hydrogens is 230 g/mol. The normalized spacial score (nSPS) is 19.7. The highest BCUT2D eigenvalue weighted by Crippen LogP contribution is 2.19. The molecule has 0 aromatic heterocycles. The number of rotatable bonds is 6. The van der Waals surface area contributed by atoms with Crippen LogP contribution in [0.3, 0.4) is 0 Å². The van der Waals surface area contributed by atoms with Gasteiger partial charge in [-0.2, -0.15) is 0 Å². The van der Waals surface area contributed by atoms with Crippen molar-refractivity contribution in [2.45, 2.75) is 64.3 Å². The van der Waals surface area contributed by atoms with Gasteiger partial charge in [0, 0.05) is 13.0 Å². The number of likely N-dealkylation sites (tertiary alicyclic amines) is 1. The fourth-order valence-electron chi connectivity index (χ4n) is 2.46. The van der Waals surface area contributed by atoms with E-state index in [2.05, 4.69) is 6.92 Å². The maximum atomic E-state index is 12.1. The molecule has 0 radical (unpaired) electrons. The second-order valence-corrected chi connectivity index (χ2v) is 4.93. The highest BCUT2D eigenvalue weighted by molar-refractivity contribution is 5.84. The minimum atomic E-state index is -0.345. The van der Waals surface area contributed by atoms with Crippen molar-refractivity contribution in [3.05, 3.63) is 0 Å². The summed E-state index contributed by atoms with van der Waals surface area (Å²) in [5.41, 5.74) is 0. The largest absolute Gasteiger partial charge is 0.467 e.